The molecule has 3 nitrogen and oxygen atoms in total. The van der Waals surface area contributed by atoms with Crippen molar-refractivity contribution in [3.8, 4) is 5.75 Å². The molecule has 0 N–H and O–H groups in total. The molecular weight excluding hydrogens is 236 g/mol. The number of benzene rings is 1. The Hall–Kier alpha value is -1.29. The van der Waals surface area contributed by atoms with Gasteiger partial charge in [-0.3, -0.25) is 0 Å². The van der Waals surface area contributed by atoms with Crippen LogP contribution in [0.5, 0.6) is 5.75 Å². The summed E-state index contributed by atoms with van der Waals surface area (Å²) in [5, 5.41) is 0. The van der Waals surface area contributed by atoms with E-state index in [1.807, 2.05) is 31.2 Å². The summed E-state index contributed by atoms with van der Waals surface area (Å²) in [6.45, 7) is 1.99. The van der Waals surface area contributed by atoms with E-state index in [4.69, 9.17) is 4.74 Å². The minimum absolute atomic E-state index is 0.160. The van der Waals surface area contributed by atoms with Crippen LogP contribution in [0.2, 0.25) is 0 Å². The molecule has 0 atom stereocenters. The lowest BCUT2D eigenvalue weighted by molar-refractivity contribution is 0.411. The van der Waals surface area contributed by atoms with E-state index in [1.54, 1.807) is 7.11 Å². The molecule has 0 unspecified atom stereocenters. The average Bonchev–Trinajstić information content (AvgIpc) is 2.29. The summed E-state index contributed by atoms with van der Waals surface area (Å²) in [7, 11) is -1.20. The lowest BCUT2D eigenvalue weighted by Crippen LogP contribution is -2.14. The molecule has 1 aliphatic rings. The minimum atomic E-state index is -2.85. The van der Waals surface area contributed by atoms with Crippen LogP contribution in [-0.4, -0.2) is 27.0 Å². The highest BCUT2D eigenvalue weighted by molar-refractivity contribution is 7.91. The number of methoxy groups -OCH3 is 1. The van der Waals surface area contributed by atoms with Gasteiger partial charge in [-0.1, -0.05) is 12.1 Å². The van der Waals surface area contributed by atoms with E-state index in [9.17, 15) is 8.42 Å². The second-order valence-corrected chi connectivity index (χ2v) is 6.51. The van der Waals surface area contributed by atoms with Crippen molar-refractivity contribution in [2.24, 2.45) is 0 Å². The molecule has 0 saturated heterocycles. The largest absolute Gasteiger partial charge is 0.496 e. The Kier molecular flexibility index (Phi) is 3.24. The molecule has 0 bridgehead atoms. The Morgan fingerprint density at radius 2 is 2.06 bits per heavy atom. The van der Waals surface area contributed by atoms with Gasteiger partial charge in [0.15, 0.2) is 9.84 Å². The van der Waals surface area contributed by atoms with Gasteiger partial charge >= 0.3 is 0 Å². The monoisotopic (exact) mass is 252 g/mol. The SMILES string of the molecule is COc1ccc(C2=CCS(=O)(=O)CC2)cc1C. The van der Waals surface area contributed by atoms with Crippen molar-refractivity contribution in [3.05, 3.63) is 35.4 Å². The Bertz CT molecular complexity index is 556. The second-order valence-electron chi connectivity index (χ2n) is 4.28. The molecule has 1 aromatic carbocycles. The summed E-state index contributed by atoms with van der Waals surface area (Å²) in [6, 6.07) is 5.95. The Morgan fingerprint density at radius 3 is 2.59 bits per heavy atom. The predicted molar refractivity (Wildman–Crippen MR) is 69.0 cm³/mol. The lowest BCUT2D eigenvalue weighted by atomic mass is 10.0. The predicted octanol–water partition coefficient (Wildman–Crippen LogP) is 2.21. The number of allylic oxidation sites excluding steroid dienone is 1. The van der Waals surface area contributed by atoms with Crippen molar-refractivity contribution >= 4 is 15.4 Å². The van der Waals surface area contributed by atoms with E-state index in [0.29, 0.717) is 6.42 Å². The Morgan fingerprint density at radius 1 is 1.29 bits per heavy atom. The van der Waals surface area contributed by atoms with Crippen LogP contribution in [0.15, 0.2) is 24.3 Å². The van der Waals surface area contributed by atoms with Crippen molar-refractivity contribution in [3.63, 3.8) is 0 Å². The van der Waals surface area contributed by atoms with Crippen molar-refractivity contribution in [1.82, 2.24) is 0 Å². The third-order valence-corrected chi connectivity index (χ3v) is 4.53. The van der Waals surface area contributed by atoms with Crippen molar-refractivity contribution in [1.29, 1.82) is 0 Å². The van der Waals surface area contributed by atoms with Gasteiger partial charge < -0.3 is 4.74 Å². The number of hydrogen-bond acceptors (Lipinski definition) is 3. The molecule has 2 rings (SSSR count). The molecule has 1 heterocycles. The molecule has 4 heteroatoms. The zero-order valence-electron chi connectivity index (χ0n) is 10.1. The maximum atomic E-state index is 11.3. The molecule has 0 spiro atoms. The van der Waals surface area contributed by atoms with E-state index in [2.05, 4.69) is 0 Å². The highest BCUT2D eigenvalue weighted by atomic mass is 32.2. The van der Waals surface area contributed by atoms with Gasteiger partial charge in [0, 0.05) is 0 Å². The molecule has 0 amide bonds. The molecular formula is C13H16O3S. The van der Waals surface area contributed by atoms with Crippen LogP contribution in [0, 0.1) is 6.92 Å². The number of aryl methyl sites for hydroxylation is 1. The van der Waals surface area contributed by atoms with Crippen LogP contribution in [0.1, 0.15) is 17.5 Å². The highest BCUT2D eigenvalue weighted by Crippen LogP contribution is 2.27. The van der Waals surface area contributed by atoms with Crippen LogP contribution in [0.4, 0.5) is 0 Å². The molecule has 0 fully saturated rings. The van der Waals surface area contributed by atoms with Gasteiger partial charge in [0.1, 0.15) is 5.75 Å². The van der Waals surface area contributed by atoms with Gasteiger partial charge in [0.05, 0.1) is 18.6 Å². The fourth-order valence-electron chi connectivity index (χ4n) is 2.02. The van der Waals surface area contributed by atoms with Gasteiger partial charge in [0.2, 0.25) is 0 Å². The maximum absolute atomic E-state index is 11.3. The van der Waals surface area contributed by atoms with Crippen LogP contribution in [0.25, 0.3) is 5.57 Å². The minimum Gasteiger partial charge on any atom is -0.496 e. The topological polar surface area (TPSA) is 43.4 Å². The summed E-state index contributed by atoms with van der Waals surface area (Å²) in [6.07, 6.45) is 2.42. The number of hydrogen-bond donors (Lipinski definition) is 0. The van der Waals surface area contributed by atoms with Crippen LogP contribution in [-0.2, 0) is 9.84 Å². The Labute approximate surface area is 102 Å². The van der Waals surface area contributed by atoms with Gasteiger partial charge in [-0.25, -0.2) is 8.42 Å². The molecule has 0 saturated carbocycles. The summed E-state index contributed by atoms with van der Waals surface area (Å²) in [5.41, 5.74) is 3.28. The van der Waals surface area contributed by atoms with Gasteiger partial charge in [0.25, 0.3) is 0 Å². The van der Waals surface area contributed by atoms with Gasteiger partial charge in [-0.15, -0.1) is 0 Å². The first kappa shape index (κ1) is 12.2. The summed E-state index contributed by atoms with van der Waals surface area (Å²) >= 11 is 0. The Balaban J connectivity index is 2.30. The second kappa shape index (κ2) is 4.53. The standard InChI is InChI=1S/C13H16O3S/c1-10-9-12(3-4-13(10)16-2)11-5-7-17(14,15)8-6-11/h3-5,9H,6-8H2,1-2H3. The third kappa shape index (κ3) is 2.69. The molecule has 0 radical (unpaired) electrons. The maximum Gasteiger partial charge on any atom is 0.154 e. The summed E-state index contributed by atoms with van der Waals surface area (Å²) in [4.78, 5) is 0. The van der Waals surface area contributed by atoms with E-state index < -0.39 is 9.84 Å². The average molecular weight is 252 g/mol. The number of sulfone groups is 1. The first-order valence-corrected chi connectivity index (χ1v) is 7.38. The van der Waals surface area contributed by atoms with Crippen LogP contribution >= 0.6 is 0 Å². The van der Waals surface area contributed by atoms with E-state index in [1.165, 1.54) is 0 Å². The van der Waals surface area contributed by atoms with Crippen LogP contribution in [0.3, 0.4) is 0 Å². The lowest BCUT2D eigenvalue weighted by Gasteiger charge is -2.15. The van der Waals surface area contributed by atoms with Gasteiger partial charge in [-0.05, 0) is 42.2 Å². The normalized spacial score (nSPS) is 18.6. The number of rotatable bonds is 2. The number of ether oxygens (including phenoxy) is 1. The van der Waals surface area contributed by atoms with Gasteiger partial charge in [-0.2, -0.15) is 0 Å². The summed E-state index contributed by atoms with van der Waals surface area (Å²) in [5.74, 6) is 1.27. The molecule has 0 aliphatic carbocycles. The highest BCUT2D eigenvalue weighted by Gasteiger charge is 2.17. The molecule has 92 valence electrons. The smallest absolute Gasteiger partial charge is 0.154 e. The molecule has 1 aliphatic heterocycles. The van der Waals surface area contributed by atoms with E-state index in [0.717, 1.165) is 22.4 Å². The van der Waals surface area contributed by atoms with E-state index >= 15 is 0 Å². The van der Waals surface area contributed by atoms with Crippen molar-refractivity contribution < 1.29 is 13.2 Å². The first-order chi connectivity index (χ1) is 8.02. The quantitative estimate of drug-likeness (QED) is 0.810. The fourth-order valence-corrected chi connectivity index (χ4v) is 3.17. The zero-order chi connectivity index (χ0) is 12.5. The molecule has 17 heavy (non-hydrogen) atoms. The molecule has 0 aromatic heterocycles. The third-order valence-electron chi connectivity index (χ3n) is 3.03. The van der Waals surface area contributed by atoms with E-state index in [-0.39, 0.29) is 11.5 Å². The first-order valence-electron chi connectivity index (χ1n) is 5.56. The van der Waals surface area contributed by atoms with Crippen molar-refractivity contribution in [2.75, 3.05) is 18.6 Å². The molecule has 1 aromatic rings. The van der Waals surface area contributed by atoms with Crippen LogP contribution < -0.4 is 4.74 Å². The van der Waals surface area contributed by atoms with Crippen molar-refractivity contribution in [2.45, 2.75) is 13.3 Å². The fraction of sp³-hybridized carbons (Fsp3) is 0.385. The zero-order valence-corrected chi connectivity index (χ0v) is 10.9. The summed E-state index contributed by atoms with van der Waals surface area (Å²) < 4.78 is 27.9.